The minimum Gasteiger partial charge on any atom is -0.497 e. The Morgan fingerprint density at radius 3 is 2.41 bits per heavy atom. The maximum Gasteiger partial charge on any atom is 0.350 e. The summed E-state index contributed by atoms with van der Waals surface area (Å²) in [6, 6.07) is 6.47. The molecule has 0 unspecified atom stereocenters. The zero-order valence-electron chi connectivity index (χ0n) is 9.47. The van der Waals surface area contributed by atoms with Crippen molar-refractivity contribution in [3.8, 4) is 5.75 Å². The third kappa shape index (κ3) is 3.94. The number of carbonyl (C=O) groups is 2. The summed E-state index contributed by atoms with van der Waals surface area (Å²) >= 11 is 0. The van der Waals surface area contributed by atoms with E-state index in [1.807, 2.05) is 0 Å². The molecule has 1 N–H and O–H groups in total. The Morgan fingerprint density at radius 1 is 1.24 bits per heavy atom. The van der Waals surface area contributed by atoms with Crippen LogP contribution in [-0.2, 0) is 9.53 Å². The van der Waals surface area contributed by atoms with Crippen molar-refractivity contribution in [2.45, 2.75) is 0 Å². The number of hydrogen-bond donors (Lipinski definition) is 1. The summed E-state index contributed by atoms with van der Waals surface area (Å²) in [5.74, 6) is -0.410. The summed E-state index contributed by atoms with van der Waals surface area (Å²) in [7, 11) is 2.76. The lowest BCUT2D eigenvalue weighted by atomic mass is 10.2. The molecule has 0 radical (unpaired) electrons. The lowest BCUT2D eigenvalue weighted by molar-refractivity contribution is -0.132. The van der Waals surface area contributed by atoms with Gasteiger partial charge in [-0.2, -0.15) is 5.10 Å². The summed E-state index contributed by atoms with van der Waals surface area (Å²) in [5.41, 5.74) is 2.60. The van der Waals surface area contributed by atoms with Crippen molar-refractivity contribution in [3.05, 3.63) is 29.8 Å². The number of esters is 1. The number of nitrogens with one attached hydrogen (secondary N) is 1. The number of hydrogen-bond acceptors (Lipinski definition) is 5. The molecule has 6 nitrogen and oxygen atoms in total. The number of rotatable bonds is 4. The van der Waals surface area contributed by atoms with E-state index in [4.69, 9.17) is 4.74 Å². The van der Waals surface area contributed by atoms with E-state index in [9.17, 15) is 9.59 Å². The van der Waals surface area contributed by atoms with Crippen molar-refractivity contribution >= 4 is 18.1 Å². The molecule has 0 spiro atoms. The van der Waals surface area contributed by atoms with Crippen LogP contribution in [0.2, 0.25) is 0 Å². The van der Waals surface area contributed by atoms with E-state index in [1.54, 1.807) is 24.3 Å². The van der Waals surface area contributed by atoms with Crippen molar-refractivity contribution in [2.24, 2.45) is 5.10 Å². The van der Waals surface area contributed by atoms with Crippen LogP contribution < -0.4 is 10.2 Å². The van der Waals surface area contributed by atoms with Crippen LogP contribution in [0.4, 0.5) is 0 Å². The Labute approximate surface area is 98.2 Å². The molecule has 0 atom stereocenters. The lowest BCUT2D eigenvalue weighted by Gasteiger charge is -2.01. The van der Waals surface area contributed by atoms with Crippen molar-refractivity contribution in [3.63, 3.8) is 0 Å². The minimum absolute atomic E-state index is 0.410. The van der Waals surface area contributed by atoms with Gasteiger partial charge in [0.05, 0.1) is 14.2 Å². The van der Waals surface area contributed by atoms with E-state index < -0.39 is 11.9 Å². The van der Waals surface area contributed by atoms with Gasteiger partial charge < -0.3 is 9.47 Å². The Morgan fingerprint density at radius 2 is 1.88 bits per heavy atom. The normalized spacial score (nSPS) is 10.0. The van der Waals surface area contributed by atoms with Gasteiger partial charge in [-0.15, -0.1) is 0 Å². The fourth-order valence-corrected chi connectivity index (χ4v) is 1.00. The number of carbonyl (C=O) groups excluding carboxylic acids is 2. The molecule has 0 aliphatic carbocycles. The second-order valence-corrected chi connectivity index (χ2v) is 2.95. The van der Waals surface area contributed by atoms with Crippen molar-refractivity contribution < 1.29 is 19.1 Å². The first-order valence-electron chi connectivity index (χ1n) is 4.72. The van der Waals surface area contributed by atoms with Crippen LogP contribution in [0.5, 0.6) is 5.75 Å². The van der Waals surface area contributed by atoms with E-state index in [2.05, 4.69) is 15.3 Å². The van der Waals surface area contributed by atoms with Gasteiger partial charge in [-0.1, -0.05) is 0 Å². The lowest BCUT2D eigenvalue weighted by Crippen LogP contribution is -2.18. The van der Waals surface area contributed by atoms with Gasteiger partial charge in [-0.05, 0) is 24.3 Å². The second-order valence-electron chi connectivity index (χ2n) is 2.95. The Bertz CT molecular complexity index is 426. The molecule has 0 aromatic heterocycles. The first kappa shape index (κ1) is 12.7. The summed E-state index contributed by atoms with van der Waals surface area (Å²) in [5, 5.41) is 3.43. The van der Waals surface area contributed by atoms with Gasteiger partial charge in [-0.3, -0.25) is 4.79 Å². The van der Waals surface area contributed by atoms with Crippen LogP contribution in [0.3, 0.4) is 0 Å². The molecule has 0 aliphatic rings. The monoisotopic (exact) mass is 236 g/mol. The highest BCUT2D eigenvalue weighted by Crippen LogP contribution is 2.10. The molecule has 0 saturated carbocycles. The van der Waals surface area contributed by atoms with E-state index >= 15 is 0 Å². The number of methoxy groups -OCH3 is 2. The molecule has 0 saturated heterocycles. The average Bonchev–Trinajstić information content (AvgIpc) is 2.38. The summed E-state index contributed by atoms with van der Waals surface area (Å²) in [4.78, 5) is 22.2. The molecule has 90 valence electrons. The van der Waals surface area contributed by atoms with Crippen LogP contribution >= 0.6 is 0 Å². The molecule has 1 rings (SSSR count). The smallest absolute Gasteiger partial charge is 0.350 e. The molecule has 1 amide bonds. The minimum atomic E-state index is -0.639. The predicted octanol–water partition coefficient (Wildman–Crippen LogP) is 0.584. The van der Waals surface area contributed by atoms with Gasteiger partial charge in [0.25, 0.3) is 5.91 Å². The van der Waals surface area contributed by atoms with E-state index in [0.717, 1.165) is 6.21 Å². The third-order valence-corrected chi connectivity index (χ3v) is 1.89. The van der Waals surface area contributed by atoms with Gasteiger partial charge >= 0.3 is 5.97 Å². The van der Waals surface area contributed by atoms with Crippen LogP contribution in [0.25, 0.3) is 0 Å². The average molecular weight is 236 g/mol. The van der Waals surface area contributed by atoms with Crippen LogP contribution in [0.1, 0.15) is 10.4 Å². The van der Waals surface area contributed by atoms with Crippen LogP contribution in [0.15, 0.2) is 29.4 Å². The molecule has 1 aromatic carbocycles. The Hall–Kier alpha value is -2.37. The number of ether oxygens (including phenoxy) is 2. The summed E-state index contributed by atoms with van der Waals surface area (Å²) in [6.45, 7) is 0. The maximum absolute atomic E-state index is 11.5. The molecular formula is C11H12N2O4. The first-order valence-corrected chi connectivity index (χ1v) is 4.72. The third-order valence-electron chi connectivity index (χ3n) is 1.89. The predicted molar refractivity (Wildman–Crippen MR) is 61.0 cm³/mol. The molecule has 0 aliphatic heterocycles. The highest BCUT2D eigenvalue weighted by molar-refractivity contribution is 6.23. The number of amides is 1. The fourth-order valence-electron chi connectivity index (χ4n) is 1.00. The molecule has 0 heterocycles. The summed E-state index contributed by atoms with van der Waals surface area (Å²) in [6.07, 6.45) is 0.876. The standard InChI is InChI=1S/C11H12N2O4/c1-16-9-5-3-8(4-6-9)11(15)13-12-7-10(14)17-2/h3-7H,1-2H3,(H,13,15)/b12-7+. The highest BCUT2D eigenvalue weighted by atomic mass is 16.5. The highest BCUT2D eigenvalue weighted by Gasteiger charge is 2.04. The second kappa shape index (κ2) is 6.26. The largest absolute Gasteiger partial charge is 0.497 e. The molecule has 6 heteroatoms. The molecular weight excluding hydrogens is 224 g/mol. The van der Waals surface area contributed by atoms with Gasteiger partial charge in [0.2, 0.25) is 0 Å². The SMILES string of the molecule is COC(=O)/C=N/NC(=O)c1ccc(OC)cc1. The van der Waals surface area contributed by atoms with Crippen molar-refractivity contribution in [1.29, 1.82) is 0 Å². The number of nitrogens with zero attached hydrogens (tertiary/aromatic N) is 1. The van der Waals surface area contributed by atoms with Gasteiger partial charge in [0.15, 0.2) is 0 Å². The zero-order chi connectivity index (χ0) is 12.7. The topological polar surface area (TPSA) is 77.0 Å². The molecule has 0 fully saturated rings. The van der Waals surface area contributed by atoms with Crippen LogP contribution in [-0.4, -0.2) is 32.3 Å². The Kier molecular flexibility index (Phi) is 4.68. The first-order chi connectivity index (χ1) is 8.17. The van der Waals surface area contributed by atoms with E-state index in [0.29, 0.717) is 11.3 Å². The molecule has 0 bridgehead atoms. The van der Waals surface area contributed by atoms with Crippen molar-refractivity contribution in [1.82, 2.24) is 5.43 Å². The van der Waals surface area contributed by atoms with Crippen LogP contribution in [0, 0.1) is 0 Å². The summed E-state index contributed by atoms with van der Waals surface area (Å²) < 4.78 is 9.27. The molecule has 1 aromatic rings. The maximum atomic E-state index is 11.5. The van der Waals surface area contributed by atoms with Gasteiger partial charge in [0, 0.05) is 5.56 Å². The fraction of sp³-hybridized carbons (Fsp3) is 0.182. The number of hydrazone groups is 1. The zero-order valence-corrected chi connectivity index (χ0v) is 9.47. The van der Waals surface area contributed by atoms with Gasteiger partial charge in [-0.25, -0.2) is 10.2 Å². The quantitative estimate of drug-likeness (QED) is 0.471. The number of benzene rings is 1. The Balaban J connectivity index is 2.58. The van der Waals surface area contributed by atoms with Crippen molar-refractivity contribution in [2.75, 3.05) is 14.2 Å². The molecule has 17 heavy (non-hydrogen) atoms. The van der Waals surface area contributed by atoms with Gasteiger partial charge in [0.1, 0.15) is 12.0 Å². The van der Waals surface area contributed by atoms with E-state index in [-0.39, 0.29) is 0 Å². The van der Waals surface area contributed by atoms with E-state index in [1.165, 1.54) is 14.2 Å².